The van der Waals surface area contributed by atoms with Gasteiger partial charge in [0, 0.05) is 116 Å². The molecule has 0 atom stereocenters. The number of hydrogen-bond acceptors (Lipinski definition) is 10. The minimum atomic E-state index is 0.561. The molecule has 0 aliphatic carbocycles. The van der Waals surface area contributed by atoms with E-state index in [1.54, 1.807) is 0 Å². The van der Waals surface area contributed by atoms with Crippen molar-refractivity contribution in [1.29, 1.82) is 0 Å². The summed E-state index contributed by atoms with van der Waals surface area (Å²) in [4.78, 5) is 32.2. The number of hydrogen-bond donors (Lipinski definition) is 0. The fraction of sp³-hybridized carbons (Fsp3) is 0. The van der Waals surface area contributed by atoms with Gasteiger partial charge < -0.3 is 27.3 Å². The van der Waals surface area contributed by atoms with E-state index in [0.29, 0.717) is 34.9 Å². The van der Waals surface area contributed by atoms with Gasteiger partial charge in [0.05, 0.1) is 27.6 Å². The summed E-state index contributed by atoms with van der Waals surface area (Å²) in [5, 5.41) is 11.3. The molecule has 0 aliphatic heterocycles. The number of fused-ring (bicyclic) bond motifs is 15. The van der Waals surface area contributed by atoms with Crippen LogP contribution in [0.25, 0.3) is 234 Å². The SMILES string of the molecule is c1ccc(-c2ccc(N(c3ccc(-c4ccccc4)cc3)c3ccc4c(c3)oc3ccccc34)cc2)cc1.c1ccc(-c2nc(-c3ccccc3)nc(-c3cc(-c4ccc5c(c4)c4ccccc4n5-c4ccccc4)cc4c3oc3ccccc34)n2)cc1.c1ccc(-c2nc(-c3ccccc3)nc(-c3ccc4oc5ccc(-c6ccc7c(c6)c6ccccc6n7-c6ccccc6)cc5c4c3)n2)cc1. The first kappa shape index (κ1) is 81.2. The van der Waals surface area contributed by atoms with E-state index in [9.17, 15) is 0 Å². The first-order chi connectivity index (χ1) is 68.4. The lowest BCUT2D eigenvalue weighted by Crippen LogP contribution is -2.09. The number of nitrogens with zero attached hydrogens (tertiary/aromatic N) is 9. The predicted molar refractivity (Wildman–Crippen MR) is 566 cm³/mol. The van der Waals surface area contributed by atoms with E-state index in [-0.39, 0.29) is 0 Å². The highest BCUT2D eigenvalue weighted by Gasteiger charge is 2.25. The normalized spacial score (nSPS) is 11.5. The lowest BCUT2D eigenvalue weighted by Gasteiger charge is -2.26. The number of benzene rings is 20. The smallest absolute Gasteiger partial charge is 0.167 e. The van der Waals surface area contributed by atoms with Crippen LogP contribution in [0.2, 0.25) is 0 Å². The van der Waals surface area contributed by atoms with Gasteiger partial charge in [0.1, 0.15) is 33.5 Å². The highest BCUT2D eigenvalue weighted by molar-refractivity contribution is 6.15. The van der Waals surface area contributed by atoms with Gasteiger partial charge in [-0.15, -0.1) is 0 Å². The van der Waals surface area contributed by atoms with Crippen LogP contribution in [0.1, 0.15) is 0 Å². The number of aromatic nitrogens is 8. The van der Waals surface area contributed by atoms with E-state index in [2.05, 4.69) is 336 Å². The van der Waals surface area contributed by atoms with E-state index < -0.39 is 0 Å². The van der Waals surface area contributed by atoms with Crippen LogP contribution < -0.4 is 4.90 Å². The predicted octanol–water partition coefficient (Wildman–Crippen LogP) is 33.5. The Bertz CT molecular complexity index is 9030. The van der Waals surface area contributed by atoms with Crippen LogP contribution in [0.15, 0.2) is 505 Å². The number of anilines is 3. The molecule has 20 aromatic carbocycles. The van der Waals surface area contributed by atoms with Crippen molar-refractivity contribution in [2.45, 2.75) is 0 Å². The molecule has 0 unspecified atom stereocenters. The van der Waals surface area contributed by atoms with Crippen molar-refractivity contribution in [2.24, 2.45) is 0 Å². The molecule has 7 aromatic heterocycles. The standard InChI is InChI=1S/2C45H28N4O.C36H25NO/c1-4-14-29(15-5-1)43-46-44(30-16-6-2-7-17-30)48-45(47-43)38-28-32(27-37-35-21-11-13-23-41(35)50-42(37)38)31-24-25-40-36(26-31)34-20-10-12-22-39(34)49(40)33-18-8-3-9-19-33;1-4-12-29(13-5-1)43-46-44(30-14-6-2-7-15-30)48-45(47-43)33-22-25-42-38(28-33)37-27-32(21-24-41(37)50-42)31-20-23-40-36(26-31)35-18-10-11-19-39(35)49(40)34-16-8-3-9-17-34;1-3-9-26(10-4-1)28-15-19-30(20-16-28)37(31-21-17-29(18-22-31)27-11-5-2-6-12-27)32-23-24-34-33-13-7-8-14-35(33)38-36(34)25-32/h2*1-28H;1-25H. The third-order valence-electron chi connectivity index (χ3n) is 26.0. The van der Waals surface area contributed by atoms with Gasteiger partial charge in [0.25, 0.3) is 0 Å². The van der Waals surface area contributed by atoms with Gasteiger partial charge >= 0.3 is 0 Å². The number of rotatable bonds is 15. The third-order valence-corrected chi connectivity index (χ3v) is 26.0. The molecule has 0 fully saturated rings. The monoisotopic (exact) mass is 1770 g/mol. The fourth-order valence-corrected chi connectivity index (χ4v) is 19.3. The first-order valence-electron chi connectivity index (χ1n) is 46.3. The Morgan fingerprint density at radius 3 is 0.906 bits per heavy atom. The van der Waals surface area contributed by atoms with Gasteiger partial charge in [0.2, 0.25) is 0 Å². The zero-order chi connectivity index (χ0) is 91.4. The Hall–Kier alpha value is -18.8. The molecular formula is C126H81N9O3. The molecule has 27 rings (SSSR count). The van der Waals surface area contributed by atoms with Crippen molar-refractivity contribution < 1.29 is 13.3 Å². The highest BCUT2D eigenvalue weighted by atomic mass is 16.3. The number of para-hydroxylation sites is 6. The molecule has 0 radical (unpaired) electrons. The van der Waals surface area contributed by atoms with Gasteiger partial charge in [-0.1, -0.05) is 334 Å². The third kappa shape index (κ3) is 15.2. The molecule has 0 amide bonds. The van der Waals surface area contributed by atoms with E-state index in [4.69, 9.17) is 43.2 Å². The molecule has 0 aliphatic rings. The largest absolute Gasteiger partial charge is 0.456 e. The second-order valence-corrected chi connectivity index (χ2v) is 34.4. The average molecular weight is 1770 g/mol. The van der Waals surface area contributed by atoms with Gasteiger partial charge in [-0.05, 0) is 196 Å². The Kier molecular flexibility index (Phi) is 20.6. The van der Waals surface area contributed by atoms with Gasteiger partial charge in [-0.3, -0.25) is 0 Å². The van der Waals surface area contributed by atoms with Crippen LogP contribution in [0, 0.1) is 0 Å². The number of furan rings is 3. The highest BCUT2D eigenvalue weighted by Crippen LogP contribution is 2.46. The Morgan fingerprint density at radius 1 is 0.159 bits per heavy atom. The summed E-state index contributed by atoms with van der Waals surface area (Å²) in [5.74, 6) is 3.67. The van der Waals surface area contributed by atoms with Crippen molar-refractivity contribution in [3.63, 3.8) is 0 Å². The molecule has 0 bridgehead atoms. The molecule has 12 heteroatoms. The van der Waals surface area contributed by atoms with E-state index in [1.807, 2.05) is 170 Å². The van der Waals surface area contributed by atoms with Crippen LogP contribution in [-0.4, -0.2) is 39.0 Å². The molecule has 7 heterocycles. The van der Waals surface area contributed by atoms with Crippen LogP contribution in [0.5, 0.6) is 0 Å². The van der Waals surface area contributed by atoms with Crippen molar-refractivity contribution in [2.75, 3.05) is 4.90 Å². The molecule has 12 nitrogen and oxygen atoms in total. The second kappa shape index (κ2) is 35.1. The van der Waals surface area contributed by atoms with Crippen molar-refractivity contribution in [3.8, 4) is 124 Å². The molecule has 0 N–H and O–H groups in total. The van der Waals surface area contributed by atoms with Crippen LogP contribution in [-0.2, 0) is 0 Å². The summed E-state index contributed by atoms with van der Waals surface area (Å²) in [6, 6.07) is 171. The summed E-state index contributed by atoms with van der Waals surface area (Å²) in [7, 11) is 0. The van der Waals surface area contributed by atoms with E-state index in [0.717, 1.165) is 155 Å². The molecular weight excluding hydrogens is 1690 g/mol. The molecule has 138 heavy (non-hydrogen) atoms. The van der Waals surface area contributed by atoms with E-state index in [1.165, 1.54) is 60.3 Å². The maximum atomic E-state index is 6.60. The molecule has 0 saturated carbocycles. The van der Waals surface area contributed by atoms with Crippen LogP contribution in [0.4, 0.5) is 17.1 Å². The Labute approximate surface area is 793 Å². The quantitative estimate of drug-likeness (QED) is 0.0978. The maximum Gasteiger partial charge on any atom is 0.167 e. The minimum absolute atomic E-state index is 0.561. The molecule has 0 spiro atoms. The first-order valence-corrected chi connectivity index (χ1v) is 46.3. The zero-order valence-corrected chi connectivity index (χ0v) is 74.5. The molecule has 27 aromatic rings. The molecule has 648 valence electrons. The zero-order valence-electron chi connectivity index (χ0n) is 74.5. The van der Waals surface area contributed by atoms with Crippen molar-refractivity contribution in [1.82, 2.24) is 39.0 Å². The van der Waals surface area contributed by atoms with Crippen molar-refractivity contribution in [3.05, 3.63) is 491 Å². The summed E-state index contributed by atoms with van der Waals surface area (Å²) >= 11 is 0. The van der Waals surface area contributed by atoms with Gasteiger partial charge in [-0.2, -0.15) is 0 Å². The molecule has 0 saturated heterocycles. The fourth-order valence-electron chi connectivity index (χ4n) is 19.3. The van der Waals surface area contributed by atoms with Gasteiger partial charge in [0.15, 0.2) is 34.9 Å². The van der Waals surface area contributed by atoms with Crippen molar-refractivity contribution >= 4 is 126 Å². The lowest BCUT2D eigenvalue weighted by molar-refractivity contribution is 0.668. The maximum absolute atomic E-state index is 6.60. The average Bonchev–Trinajstić information content (AvgIpc) is 1.58. The van der Waals surface area contributed by atoms with Crippen LogP contribution >= 0.6 is 0 Å². The Balaban J connectivity index is 0.000000111. The second-order valence-electron chi connectivity index (χ2n) is 34.4. The lowest BCUT2D eigenvalue weighted by atomic mass is 9.97. The van der Waals surface area contributed by atoms with E-state index >= 15 is 0 Å². The summed E-state index contributed by atoms with van der Waals surface area (Å²) in [5.41, 5.74) is 30.0. The van der Waals surface area contributed by atoms with Crippen LogP contribution in [0.3, 0.4) is 0 Å². The Morgan fingerprint density at radius 2 is 0.449 bits per heavy atom. The summed E-state index contributed by atoms with van der Waals surface area (Å²) < 4.78 is 23.9. The summed E-state index contributed by atoms with van der Waals surface area (Å²) in [6.45, 7) is 0. The van der Waals surface area contributed by atoms with Gasteiger partial charge in [-0.25, -0.2) is 29.9 Å². The minimum Gasteiger partial charge on any atom is -0.456 e. The topological polar surface area (TPSA) is 130 Å². The summed E-state index contributed by atoms with van der Waals surface area (Å²) in [6.07, 6.45) is 0.